The molecule has 1 aromatic carbocycles. The summed E-state index contributed by atoms with van der Waals surface area (Å²) in [7, 11) is 0. The Hall–Kier alpha value is -2.45. The number of benzene rings is 1. The van der Waals surface area contributed by atoms with Gasteiger partial charge in [0.1, 0.15) is 6.04 Å². The summed E-state index contributed by atoms with van der Waals surface area (Å²) in [5, 5.41) is 3.46. The normalized spacial score (nSPS) is 16.6. The Morgan fingerprint density at radius 1 is 1.24 bits per heavy atom. The van der Waals surface area contributed by atoms with E-state index in [2.05, 4.69) is 26.2 Å². The van der Waals surface area contributed by atoms with E-state index in [0.717, 1.165) is 33.4 Å². The van der Waals surface area contributed by atoms with Crippen molar-refractivity contribution < 1.29 is 14.0 Å². The third-order valence-electron chi connectivity index (χ3n) is 4.94. The molecule has 0 aliphatic carbocycles. The highest BCUT2D eigenvalue weighted by Gasteiger charge is 2.34. The lowest BCUT2D eigenvalue weighted by Gasteiger charge is -2.33. The van der Waals surface area contributed by atoms with Crippen LogP contribution in [0.5, 0.6) is 0 Å². The summed E-state index contributed by atoms with van der Waals surface area (Å²) in [6, 6.07) is 10.7. The number of furan rings is 1. The highest BCUT2D eigenvalue weighted by Crippen LogP contribution is 2.31. The van der Waals surface area contributed by atoms with Crippen LogP contribution in [0.15, 0.2) is 51.6 Å². The molecule has 3 heterocycles. The topological polar surface area (TPSA) is 75.4 Å². The van der Waals surface area contributed by atoms with Crippen molar-refractivity contribution in [1.82, 2.24) is 9.88 Å². The zero-order chi connectivity index (χ0) is 20.4. The monoisotopic (exact) mass is 473 g/mol. The van der Waals surface area contributed by atoms with Crippen LogP contribution in [-0.4, -0.2) is 34.3 Å². The van der Waals surface area contributed by atoms with Crippen LogP contribution in [0.1, 0.15) is 34.7 Å². The minimum atomic E-state index is -0.526. The van der Waals surface area contributed by atoms with Gasteiger partial charge in [0, 0.05) is 21.5 Å². The predicted molar refractivity (Wildman–Crippen MR) is 116 cm³/mol. The van der Waals surface area contributed by atoms with E-state index >= 15 is 0 Å². The van der Waals surface area contributed by atoms with Gasteiger partial charge >= 0.3 is 0 Å². The van der Waals surface area contributed by atoms with E-state index in [-0.39, 0.29) is 17.6 Å². The smallest absolute Gasteiger partial charge is 0.290 e. The molecule has 150 valence electrons. The molecule has 1 aliphatic rings. The number of likely N-dealkylation sites (tertiary alicyclic amines) is 1. The van der Waals surface area contributed by atoms with Crippen LogP contribution in [0.3, 0.4) is 0 Å². The first-order chi connectivity index (χ1) is 14.0. The lowest BCUT2D eigenvalue weighted by Crippen LogP contribution is -2.49. The third-order valence-corrected chi connectivity index (χ3v) is 6.36. The summed E-state index contributed by atoms with van der Waals surface area (Å²) in [6.45, 7) is 2.52. The minimum absolute atomic E-state index is 0.208. The quantitative estimate of drug-likeness (QED) is 0.571. The van der Waals surface area contributed by atoms with Crippen LogP contribution in [0.25, 0.3) is 11.3 Å². The Morgan fingerprint density at radius 2 is 2.03 bits per heavy atom. The van der Waals surface area contributed by atoms with E-state index in [1.54, 1.807) is 17.0 Å². The molecular formula is C21H20BrN3O3S. The molecule has 0 bridgehead atoms. The molecule has 1 atom stereocenters. The molecule has 0 saturated carbocycles. The highest BCUT2D eigenvalue weighted by atomic mass is 79.9. The van der Waals surface area contributed by atoms with Crippen molar-refractivity contribution in [1.29, 1.82) is 0 Å². The number of hydrogen-bond donors (Lipinski definition) is 1. The molecule has 0 radical (unpaired) electrons. The number of aryl methyl sites for hydroxylation is 1. The number of piperidine rings is 1. The Balaban J connectivity index is 1.51. The summed E-state index contributed by atoms with van der Waals surface area (Å²) in [6.07, 6.45) is 3.87. The van der Waals surface area contributed by atoms with Crippen molar-refractivity contribution in [3.05, 3.63) is 57.8 Å². The number of halogens is 1. The average molecular weight is 474 g/mol. The molecule has 4 rings (SSSR count). The largest absolute Gasteiger partial charge is 0.459 e. The zero-order valence-corrected chi connectivity index (χ0v) is 18.3. The maximum atomic E-state index is 13.0. The lowest BCUT2D eigenvalue weighted by atomic mass is 10.0. The SMILES string of the molecule is Cc1sc(NC(=O)C2CCCCN2C(=O)c2ccco2)nc1-c1ccc(Br)cc1. The standard InChI is InChI=1S/C21H20BrN3O3S/c1-13-18(14-7-9-15(22)10-8-14)23-21(29-13)24-19(26)16-5-2-3-11-25(16)20(27)17-6-4-12-28-17/h4,6-10,12,16H,2-3,5,11H2,1H3,(H,23,24,26). The molecular weight excluding hydrogens is 454 g/mol. The van der Waals surface area contributed by atoms with Gasteiger partial charge in [0.15, 0.2) is 10.9 Å². The summed E-state index contributed by atoms with van der Waals surface area (Å²) in [4.78, 5) is 33.0. The molecule has 1 fully saturated rings. The first kappa shape index (κ1) is 19.8. The van der Waals surface area contributed by atoms with Gasteiger partial charge in [-0.25, -0.2) is 4.98 Å². The number of anilines is 1. The maximum absolute atomic E-state index is 13.0. The van der Waals surface area contributed by atoms with Crippen molar-refractivity contribution in [2.75, 3.05) is 11.9 Å². The van der Waals surface area contributed by atoms with Crippen LogP contribution in [0, 0.1) is 6.92 Å². The number of carbonyl (C=O) groups is 2. The molecule has 2 aromatic heterocycles. The van der Waals surface area contributed by atoms with Gasteiger partial charge in [-0.15, -0.1) is 11.3 Å². The van der Waals surface area contributed by atoms with Gasteiger partial charge in [0.05, 0.1) is 12.0 Å². The Bertz CT molecular complexity index is 1010. The van der Waals surface area contributed by atoms with Crippen molar-refractivity contribution in [3.8, 4) is 11.3 Å². The lowest BCUT2D eigenvalue weighted by molar-refractivity contribution is -0.121. The Kier molecular flexibility index (Phi) is 5.82. The number of amides is 2. The average Bonchev–Trinajstić information content (AvgIpc) is 3.38. The number of thiazole rings is 1. The summed E-state index contributed by atoms with van der Waals surface area (Å²) < 4.78 is 6.24. The van der Waals surface area contributed by atoms with Gasteiger partial charge < -0.3 is 14.6 Å². The first-order valence-electron chi connectivity index (χ1n) is 9.41. The van der Waals surface area contributed by atoms with Gasteiger partial charge in [-0.3, -0.25) is 9.59 Å². The molecule has 8 heteroatoms. The second-order valence-corrected chi connectivity index (χ2v) is 9.03. The minimum Gasteiger partial charge on any atom is -0.459 e. The molecule has 1 unspecified atom stereocenters. The number of aromatic nitrogens is 1. The molecule has 1 aliphatic heterocycles. The van der Waals surface area contributed by atoms with Crippen LogP contribution in [0.2, 0.25) is 0 Å². The molecule has 6 nitrogen and oxygen atoms in total. The summed E-state index contributed by atoms with van der Waals surface area (Å²) in [5.74, 6) is -0.200. The van der Waals surface area contributed by atoms with Gasteiger partial charge in [-0.2, -0.15) is 0 Å². The van der Waals surface area contributed by atoms with Crippen molar-refractivity contribution in [3.63, 3.8) is 0 Å². The number of carbonyl (C=O) groups excluding carboxylic acids is 2. The van der Waals surface area contributed by atoms with Gasteiger partial charge in [-0.05, 0) is 50.5 Å². The fraction of sp³-hybridized carbons (Fsp3) is 0.286. The third kappa shape index (κ3) is 4.28. The van der Waals surface area contributed by atoms with E-state index in [0.29, 0.717) is 18.1 Å². The van der Waals surface area contributed by atoms with Gasteiger partial charge in [0.2, 0.25) is 5.91 Å². The maximum Gasteiger partial charge on any atom is 0.290 e. The zero-order valence-electron chi connectivity index (χ0n) is 15.9. The molecule has 1 saturated heterocycles. The molecule has 3 aromatic rings. The van der Waals surface area contributed by atoms with E-state index in [1.807, 2.05) is 31.2 Å². The van der Waals surface area contributed by atoms with E-state index < -0.39 is 6.04 Å². The van der Waals surface area contributed by atoms with Crippen LogP contribution in [-0.2, 0) is 4.79 Å². The summed E-state index contributed by atoms with van der Waals surface area (Å²) >= 11 is 4.87. The molecule has 0 spiro atoms. The molecule has 29 heavy (non-hydrogen) atoms. The Morgan fingerprint density at radius 3 is 2.76 bits per heavy atom. The van der Waals surface area contributed by atoms with Crippen molar-refractivity contribution >= 4 is 44.2 Å². The van der Waals surface area contributed by atoms with E-state index in [4.69, 9.17) is 4.42 Å². The van der Waals surface area contributed by atoms with Crippen LogP contribution >= 0.6 is 27.3 Å². The van der Waals surface area contributed by atoms with Crippen molar-refractivity contribution in [2.24, 2.45) is 0 Å². The second kappa shape index (κ2) is 8.51. The number of nitrogens with zero attached hydrogens (tertiary/aromatic N) is 2. The van der Waals surface area contributed by atoms with Crippen LogP contribution < -0.4 is 5.32 Å². The number of rotatable bonds is 4. The van der Waals surface area contributed by atoms with Crippen LogP contribution in [0.4, 0.5) is 5.13 Å². The van der Waals surface area contributed by atoms with E-state index in [1.165, 1.54) is 17.6 Å². The first-order valence-corrected chi connectivity index (χ1v) is 11.0. The predicted octanol–water partition coefficient (Wildman–Crippen LogP) is 5.11. The highest BCUT2D eigenvalue weighted by molar-refractivity contribution is 9.10. The summed E-state index contributed by atoms with van der Waals surface area (Å²) in [5.41, 5.74) is 1.85. The van der Waals surface area contributed by atoms with Gasteiger partial charge in [-0.1, -0.05) is 28.1 Å². The number of hydrogen-bond acceptors (Lipinski definition) is 5. The second-order valence-electron chi connectivity index (χ2n) is 6.91. The van der Waals surface area contributed by atoms with Gasteiger partial charge in [0.25, 0.3) is 5.91 Å². The molecule has 1 N–H and O–H groups in total. The fourth-order valence-electron chi connectivity index (χ4n) is 3.50. The van der Waals surface area contributed by atoms with E-state index in [9.17, 15) is 9.59 Å². The fourth-order valence-corrected chi connectivity index (χ4v) is 4.61. The number of nitrogens with one attached hydrogen (secondary N) is 1. The Labute approximate surface area is 181 Å². The molecule has 2 amide bonds. The van der Waals surface area contributed by atoms with Crippen molar-refractivity contribution in [2.45, 2.75) is 32.2 Å².